The predicted molar refractivity (Wildman–Crippen MR) is 249 cm³/mol. The van der Waals surface area contributed by atoms with Crippen LogP contribution in [0.5, 0.6) is 0 Å². The van der Waals surface area contributed by atoms with Gasteiger partial charge < -0.3 is 45.7 Å². The van der Waals surface area contributed by atoms with Crippen LogP contribution in [0.4, 0.5) is 0 Å². The SMILES string of the molecule is CCCCCCCCCCCCCCC[C@@H](O)[C@H](COC1OC(COCCCCCCN)C(O)C(O)C1O)NC(=O)C(CCCCCCCCCCCCC)c1ccccc1. The van der Waals surface area contributed by atoms with E-state index in [9.17, 15) is 25.2 Å². The number of aliphatic hydroxyl groups is 4. The fourth-order valence-corrected chi connectivity index (χ4v) is 8.54. The normalized spacial score (nSPS) is 20.7. The van der Waals surface area contributed by atoms with E-state index in [-0.39, 0.29) is 25.0 Å². The average Bonchev–Trinajstić information content (AvgIpc) is 3.27. The highest BCUT2D eigenvalue weighted by atomic mass is 16.7. The van der Waals surface area contributed by atoms with Crippen molar-refractivity contribution in [3.8, 4) is 0 Å². The number of carbonyl (C=O) groups is 1. The maximum atomic E-state index is 14.2. The number of unbranched alkanes of at least 4 members (excludes halogenated alkanes) is 25. The Morgan fingerprint density at radius 3 is 1.64 bits per heavy atom. The number of aliphatic hydroxyl groups excluding tert-OH is 4. The van der Waals surface area contributed by atoms with Crippen molar-refractivity contribution in [3.05, 3.63) is 35.9 Å². The first-order chi connectivity index (χ1) is 29.8. The van der Waals surface area contributed by atoms with Gasteiger partial charge in [-0.2, -0.15) is 0 Å². The highest BCUT2D eigenvalue weighted by Crippen LogP contribution is 2.26. The molecule has 1 aromatic carbocycles. The molecule has 0 radical (unpaired) electrons. The Labute approximate surface area is 372 Å². The van der Waals surface area contributed by atoms with E-state index in [4.69, 9.17) is 19.9 Å². The van der Waals surface area contributed by atoms with Crippen molar-refractivity contribution in [2.24, 2.45) is 5.73 Å². The van der Waals surface area contributed by atoms with Gasteiger partial charge in [0.15, 0.2) is 6.29 Å². The van der Waals surface area contributed by atoms with Gasteiger partial charge in [-0.25, -0.2) is 0 Å². The molecule has 1 fully saturated rings. The molecule has 7 N–H and O–H groups in total. The molecule has 1 aromatic rings. The molecule has 10 nitrogen and oxygen atoms in total. The van der Waals surface area contributed by atoms with Crippen molar-refractivity contribution in [2.45, 2.75) is 255 Å². The van der Waals surface area contributed by atoms with Crippen LogP contribution in [0.1, 0.15) is 218 Å². The van der Waals surface area contributed by atoms with E-state index in [2.05, 4.69) is 19.2 Å². The first-order valence-corrected chi connectivity index (χ1v) is 25.5. The number of hydrogen-bond donors (Lipinski definition) is 6. The lowest BCUT2D eigenvalue weighted by molar-refractivity contribution is -0.304. The summed E-state index contributed by atoms with van der Waals surface area (Å²) in [6.45, 7) is 5.55. The van der Waals surface area contributed by atoms with Crippen LogP contribution in [0.3, 0.4) is 0 Å². The zero-order chi connectivity index (χ0) is 44.2. The molecule has 61 heavy (non-hydrogen) atoms. The Bertz CT molecular complexity index is 1130. The van der Waals surface area contributed by atoms with E-state index >= 15 is 0 Å². The maximum absolute atomic E-state index is 14.2. The molecule has 6 unspecified atom stereocenters. The summed E-state index contributed by atoms with van der Waals surface area (Å²) in [5.74, 6) is -0.536. The van der Waals surface area contributed by atoms with Gasteiger partial charge in [0.1, 0.15) is 24.4 Å². The van der Waals surface area contributed by atoms with Crippen molar-refractivity contribution in [2.75, 3.05) is 26.4 Å². The van der Waals surface area contributed by atoms with Crippen molar-refractivity contribution in [3.63, 3.8) is 0 Å². The summed E-state index contributed by atoms with van der Waals surface area (Å²) in [4.78, 5) is 14.2. The number of benzene rings is 1. The molecule has 0 bridgehead atoms. The third-order valence-electron chi connectivity index (χ3n) is 12.6. The Hall–Kier alpha value is -1.63. The molecule has 1 aliphatic heterocycles. The number of carbonyl (C=O) groups excluding carboxylic acids is 1. The number of amides is 1. The Kier molecular flexibility index (Phi) is 34.3. The van der Waals surface area contributed by atoms with E-state index in [1.54, 1.807) is 0 Å². The zero-order valence-electron chi connectivity index (χ0n) is 39.0. The fraction of sp³-hybridized carbons (Fsp3) is 0.863. The molecule has 356 valence electrons. The van der Waals surface area contributed by atoms with E-state index in [0.29, 0.717) is 26.0 Å². The molecule has 2 rings (SSSR count). The number of nitrogens with two attached hydrogens (primary N) is 1. The lowest BCUT2D eigenvalue weighted by Gasteiger charge is -2.40. The molecular formula is C51H94N2O8. The van der Waals surface area contributed by atoms with E-state index in [1.807, 2.05) is 30.3 Å². The van der Waals surface area contributed by atoms with Crippen molar-refractivity contribution >= 4 is 5.91 Å². The van der Waals surface area contributed by atoms with Crippen molar-refractivity contribution in [1.29, 1.82) is 0 Å². The maximum Gasteiger partial charge on any atom is 0.227 e. The van der Waals surface area contributed by atoms with Gasteiger partial charge in [-0.15, -0.1) is 0 Å². The van der Waals surface area contributed by atoms with E-state index in [0.717, 1.165) is 69.8 Å². The number of rotatable bonds is 41. The standard InChI is InChI=1S/C51H94N2O8/c1-3-5-7-9-11-13-15-16-18-20-22-24-31-37-45(54)44(40-60-51-49(57)48(56)47(55)46(61-51)41-59-39-33-26-25-32-38-52)53-50(58)43(42-34-28-27-29-35-42)36-30-23-21-19-17-14-12-10-8-6-4-2/h27-29,34-35,43-49,51,54-57H,3-26,30-33,36-41,52H2,1-2H3,(H,53,58)/t43?,44-,45+,46?,47?,48?,49?,51?/m0/s1. The summed E-state index contributed by atoms with van der Waals surface area (Å²) < 4.78 is 17.8. The smallest absolute Gasteiger partial charge is 0.227 e. The Balaban J connectivity index is 1.99. The van der Waals surface area contributed by atoms with Crippen LogP contribution < -0.4 is 11.1 Å². The summed E-state index contributed by atoms with van der Waals surface area (Å²) in [5, 5.41) is 47.1. The third kappa shape index (κ3) is 26.1. The lowest BCUT2D eigenvalue weighted by atomic mass is 9.91. The van der Waals surface area contributed by atoms with Crippen LogP contribution in [0, 0.1) is 0 Å². The lowest BCUT2D eigenvalue weighted by Crippen LogP contribution is -2.60. The largest absolute Gasteiger partial charge is 0.391 e. The third-order valence-corrected chi connectivity index (χ3v) is 12.6. The minimum absolute atomic E-state index is 0.0291. The second-order valence-electron chi connectivity index (χ2n) is 18.1. The summed E-state index contributed by atoms with van der Waals surface area (Å²) in [5.41, 5.74) is 6.54. The highest BCUT2D eigenvalue weighted by Gasteiger charge is 2.45. The first kappa shape index (κ1) is 55.5. The molecule has 0 saturated carbocycles. The number of nitrogens with one attached hydrogen (secondary N) is 1. The minimum Gasteiger partial charge on any atom is -0.391 e. The van der Waals surface area contributed by atoms with Gasteiger partial charge in [0, 0.05) is 6.61 Å². The van der Waals surface area contributed by atoms with Crippen LogP contribution in [-0.4, -0.2) is 95.6 Å². The van der Waals surface area contributed by atoms with Crippen molar-refractivity contribution < 1.29 is 39.4 Å². The Morgan fingerprint density at radius 1 is 0.639 bits per heavy atom. The second kappa shape index (κ2) is 37.7. The molecule has 0 spiro atoms. The molecule has 1 aliphatic rings. The van der Waals surface area contributed by atoms with Gasteiger partial charge in [0.25, 0.3) is 0 Å². The van der Waals surface area contributed by atoms with Gasteiger partial charge >= 0.3 is 0 Å². The van der Waals surface area contributed by atoms with Crippen LogP contribution in [-0.2, 0) is 19.0 Å². The van der Waals surface area contributed by atoms with Crippen LogP contribution in [0.15, 0.2) is 30.3 Å². The van der Waals surface area contributed by atoms with Crippen LogP contribution in [0.25, 0.3) is 0 Å². The molecular weight excluding hydrogens is 769 g/mol. The van der Waals surface area contributed by atoms with Gasteiger partial charge in [-0.1, -0.05) is 211 Å². The van der Waals surface area contributed by atoms with Gasteiger partial charge in [-0.05, 0) is 37.8 Å². The molecule has 0 aromatic heterocycles. The summed E-state index contributed by atoms with van der Waals surface area (Å²) in [6.07, 6.45) is 27.2. The topological polar surface area (TPSA) is 164 Å². The minimum atomic E-state index is -1.52. The van der Waals surface area contributed by atoms with Gasteiger partial charge in [-0.3, -0.25) is 4.79 Å². The number of hydrogen-bond acceptors (Lipinski definition) is 9. The monoisotopic (exact) mass is 863 g/mol. The van der Waals surface area contributed by atoms with Crippen LogP contribution >= 0.6 is 0 Å². The molecule has 1 saturated heterocycles. The molecule has 0 aliphatic carbocycles. The molecule has 1 heterocycles. The highest BCUT2D eigenvalue weighted by molar-refractivity contribution is 5.84. The van der Waals surface area contributed by atoms with E-state index < -0.39 is 42.9 Å². The molecule has 10 heteroatoms. The van der Waals surface area contributed by atoms with Gasteiger partial charge in [0.2, 0.25) is 5.91 Å². The fourth-order valence-electron chi connectivity index (χ4n) is 8.54. The Morgan fingerprint density at radius 2 is 1.11 bits per heavy atom. The van der Waals surface area contributed by atoms with Crippen LogP contribution in [0.2, 0.25) is 0 Å². The average molecular weight is 863 g/mol. The molecule has 8 atom stereocenters. The summed E-state index contributed by atoms with van der Waals surface area (Å²) in [7, 11) is 0. The molecule has 1 amide bonds. The number of ether oxygens (including phenoxy) is 3. The van der Waals surface area contributed by atoms with E-state index in [1.165, 1.54) is 116 Å². The predicted octanol–water partition coefficient (Wildman–Crippen LogP) is 10.2. The summed E-state index contributed by atoms with van der Waals surface area (Å²) >= 11 is 0. The second-order valence-corrected chi connectivity index (χ2v) is 18.1. The zero-order valence-corrected chi connectivity index (χ0v) is 39.0. The summed E-state index contributed by atoms with van der Waals surface area (Å²) in [6, 6.07) is 9.11. The quantitative estimate of drug-likeness (QED) is 0.0352. The van der Waals surface area contributed by atoms with Crippen molar-refractivity contribution in [1.82, 2.24) is 5.32 Å². The first-order valence-electron chi connectivity index (χ1n) is 25.5. The van der Waals surface area contributed by atoms with Gasteiger partial charge in [0.05, 0.1) is 31.3 Å².